The SMILES string of the molecule is Cn1ncnc1NC(=O)c1cc(Cl)ccc1O. The summed E-state index contributed by atoms with van der Waals surface area (Å²) < 4.78 is 1.40. The Morgan fingerprint density at radius 3 is 2.94 bits per heavy atom. The molecule has 0 spiro atoms. The largest absolute Gasteiger partial charge is 0.507 e. The molecule has 0 aliphatic rings. The van der Waals surface area contributed by atoms with Gasteiger partial charge in [0.2, 0.25) is 5.95 Å². The van der Waals surface area contributed by atoms with Gasteiger partial charge in [-0.05, 0) is 18.2 Å². The molecule has 0 saturated carbocycles. The topological polar surface area (TPSA) is 80.0 Å². The highest BCUT2D eigenvalue weighted by atomic mass is 35.5. The second kappa shape index (κ2) is 4.42. The number of phenolic OH excluding ortho intramolecular Hbond substituents is 1. The maximum atomic E-state index is 11.8. The van der Waals surface area contributed by atoms with Gasteiger partial charge in [-0.15, -0.1) is 0 Å². The van der Waals surface area contributed by atoms with Crippen LogP contribution in [0.1, 0.15) is 10.4 Å². The number of amides is 1. The van der Waals surface area contributed by atoms with Gasteiger partial charge in [0.05, 0.1) is 5.56 Å². The minimum atomic E-state index is -0.499. The first-order chi connectivity index (χ1) is 8.08. The average molecular weight is 253 g/mol. The molecule has 2 N–H and O–H groups in total. The maximum absolute atomic E-state index is 11.8. The normalized spacial score (nSPS) is 10.2. The third kappa shape index (κ3) is 2.36. The summed E-state index contributed by atoms with van der Waals surface area (Å²) >= 11 is 5.75. The van der Waals surface area contributed by atoms with Crippen LogP contribution in [0.4, 0.5) is 5.95 Å². The average Bonchev–Trinajstić information content (AvgIpc) is 2.68. The number of nitrogens with zero attached hydrogens (tertiary/aromatic N) is 3. The van der Waals surface area contributed by atoms with Gasteiger partial charge in [0.15, 0.2) is 0 Å². The zero-order valence-electron chi connectivity index (χ0n) is 8.88. The molecule has 0 aliphatic heterocycles. The van der Waals surface area contributed by atoms with Crippen LogP contribution in [0.3, 0.4) is 0 Å². The Balaban J connectivity index is 2.26. The molecule has 1 amide bonds. The number of nitrogens with one attached hydrogen (secondary N) is 1. The van der Waals surface area contributed by atoms with Gasteiger partial charge in [-0.2, -0.15) is 10.1 Å². The van der Waals surface area contributed by atoms with Crippen LogP contribution in [-0.4, -0.2) is 25.8 Å². The molecule has 0 bridgehead atoms. The van der Waals surface area contributed by atoms with E-state index in [9.17, 15) is 9.90 Å². The number of halogens is 1. The van der Waals surface area contributed by atoms with Crippen LogP contribution in [0.25, 0.3) is 0 Å². The van der Waals surface area contributed by atoms with E-state index in [0.717, 1.165) is 0 Å². The minimum absolute atomic E-state index is 0.0838. The van der Waals surface area contributed by atoms with Crippen LogP contribution in [0, 0.1) is 0 Å². The lowest BCUT2D eigenvalue weighted by molar-refractivity contribution is 0.102. The van der Waals surface area contributed by atoms with Crippen molar-refractivity contribution in [3.8, 4) is 5.75 Å². The fourth-order valence-corrected chi connectivity index (χ4v) is 1.44. The number of aryl methyl sites for hydroxylation is 1. The number of rotatable bonds is 2. The van der Waals surface area contributed by atoms with Gasteiger partial charge >= 0.3 is 0 Å². The molecule has 0 atom stereocenters. The Kier molecular flexibility index (Phi) is 2.97. The van der Waals surface area contributed by atoms with Crippen molar-refractivity contribution in [1.29, 1.82) is 0 Å². The second-order valence-corrected chi connectivity index (χ2v) is 3.76. The summed E-state index contributed by atoms with van der Waals surface area (Å²) in [6.07, 6.45) is 1.31. The molecule has 2 rings (SSSR count). The van der Waals surface area contributed by atoms with Crippen LogP contribution in [0.2, 0.25) is 5.02 Å². The molecule has 17 heavy (non-hydrogen) atoms. The van der Waals surface area contributed by atoms with E-state index in [0.29, 0.717) is 5.02 Å². The number of hydrogen-bond donors (Lipinski definition) is 2. The van der Waals surface area contributed by atoms with E-state index < -0.39 is 5.91 Å². The maximum Gasteiger partial charge on any atom is 0.261 e. The Morgan fingerprint density at radius 1 is 1.53 bits per heavy atom. The summed E-state index contributed by atoms with van der Waals surface area (Å²) in [6.45, 7) is 0. The van der Waals surface area contributed by atoms with Crippen molar-refractivity contribution >= 4 is 23.5 Å². The van der Waals surface area contributed by atoms with Crippen molar-refractivity contribution in [2.45, 2.75) is 0 Å². The van der Waals surface area contributed by atoms with Gasteiger partial charge in [-0.25, -0.2) is 4.68 Å². The molecule has 7 heteroatoms. The van der Waals surface area contributed by atoms with Crippen molar-refractivity contribution in [3.05, 3.63) is 35.1 Å². The van der Waals surface area contributed by atoms with Crippen LogP contribution in [-0.2, 0) is 7.05 Å². The highest BCUT2D eigenvalue weighted by molar-refractivity contribution is 6.31. The predicted molar refractivity (Wildman–Crippen MR) is 62.1 cm³/mol. The molecule has 6 nitrogen and oxygen atoms in total. The van der Waals surface area contributed by atoms with Crippen LogP contribution in [0.15, 0.2) is 24.5 Å². The van der Waals surface area contributed by atoms with Crippen LogP contribution in [0.5, 0.6) is 5.75 Å². The highest BCUT2D eigenvalue weighted by Gasteiger charge is 2.13. The van der Waals surface area contributed by atoms with Crippen molar-refractivity contribution in [1.82, 2.24) is 14.8 Å². The van der Waals surface area contributed by atoms with Crippen LogP contribution >= 0.6 is 11.6 Å². The van der Waals surface area contributed by atoms with E-state index >= 15 is 0 Å². The van der Waals surface area contributed by atoms with Gasteiger partial charge in [-0.3, -0.25) is 10.1 Å². The first-order valence-electron chi connectivity index (χ1n) is 4.72. The molecule has 88 valence electrons. The molecule has 0 saturated heterocycles. The second-order valence-electron chi connectivity index (χ2n) is 3.32. The molecule has 0 aliphatic carbocycles. The van der Waals surface area contributed by atoms with E-state index in [1.165, 1.54) is 29.2 Å². The standard InChI is InChI=1S/C10H9ClN4O2/c1-15-10(12-5-13-15)14-9(17)7-4-6(11)2-3-8(7)16/h2-5,16H,1H3,(H,12,13,14,17). The molecule has 0 unspecified atom stereocenters. The monoisotopic (exact) mass is 252 g/mol. The number of benzene rings is 1. The number of anilines is 1. The Morgan fingerprint density at radius 2 is 2.29 bits per heavy atom. The number of aromatic nitrogens is 3. The summed E-state index contributed by atoms with van der Waals surface area (Å²) in [5.74, 6) is -0.357. The predicted octanol–water partition coefficient (Wildman–Crippen LogP) is 1.43. The van der Waals surface area contributed by atoms with Gasteiger partial charge in [0.25, 0.3) is 5.91 Å². The van der Waals surface area contributed by atoms with Gasteiger partial charge < -0.3 is 5.11 Å². The zero-order chi connectivity index (χ0) is 12.4. The smallest absolute Gasteiger partial charge is 0.261 e. The molecular weight excluding hydrogens is 244 g/mol. The summed E-state index contributed by atoms with van der Waals surface area (Å²) in [7, 11) is 1.64. The fourth-order valence-electron chi connectivity index (χ4n) is 1.27. The van der Waals surface area contributed by atoms with Crippen molar-refractivity contribution in [2.75, 3.05) is 5.32 Å². The third-order valence-corrected chi connectivity index (χ3v) is 2.38. The zero-order valence-corrected chi connectivity index (χ0v) is 9.64. The van der Waals surface area contributed by atoms with E-state index in [2.05, 4.69) is 15.4 Å². The number of carbonyl (C=O) groups is 1. The first kappa shape index (κ1) is 11.4. The van der Waals surface area contributed by atoms with Gasteiger partial charge in [-0.1, -0.05) is 11.6 Å². The molecule has 2 aromatic rings. The molecule has 0 fully saturated rings. The molecule has 1 aromatic heterocycles. The lowest BCUT2D eigenvalue weighted by Crippen LogP contribution is -2.15. The van der Waals surface area contributed by atoms with E-state index in [-0.39, 0.29) is 17.3 Å². The third-order valence-electron chi connectivity index (χ3n) is 2.14. The Labute approximate surface area is 102 Å². The van der Waals surface area contributed by atoms with E-state index in [1.54, 1.807) is 7.05 Å². The highest BCUT2D eigenvalue weighted by Crippen LogP contribution is 2.22. The number of carbonyl (C=O) groups excluding carboxylic acids is 1. The quantitative estimate of drug-likeness (QED) is 0.847. The van der Waals surface area contributed by atoms with Crippen molar-refractivity contribution < 1.29 is 9.90 Å². The summed E-state index contributed by atoms with van der Waals surface area (Å²) in [5.41, 5.74) is 0.0838. The lowest BCUT2D eigenvalue weighted by atomic mass is 10.2. The van der Waals surface area contributed by atoms with Crippen molar-refractivity contribution in [2.24, 2.45) is 7.05 Å². The van der Waals surface area contributed by atoms with Crippen LogP contribution < -0.4 is 5.32 Å². The Bertz CT molecular complexity index is 567. The summed E-state index contributed by atoms with van der Waals surface area (Å²) in [4.78, 5) is 15.7. The number of hydrogen-bond acceptors (Lipinski definition) is 4. The number of phenols is 1. The molecule has 0 radical (unpaired) electrons. The molecule has 1 aromatic carbocycles. The van der Waals surface area contributed by atoms with Crippen molar-refractivity contribution in [3.63, 3.8) is 0 Å². The first-order valence-corrected chi connectivity index (χ1v) is 5.09. The van der Waals surface area contributed by atoms with E-state index in [1.807, 2.05) is 0 Å². The fraction of sp³-hybridized carbons (Fsp3) is 0.100. The van der Waals surface area contributed by atoms with E-state index in [4.69, 9.17) is 11.6 Å². The Hall–Kier alpha value is -2.08. The summed E-state index contributed by atoms with van der Waals surface area (Å²) in [5, 5.41) is 16.2. The van der Waals surface area contributed by atoms with Gasteiger partial charge in [0.1, 0.15) is 12.1 Å². The summed E-state index contributed by atoms with van der Waals surface area (Å²) in [6, 6.07) is 4.23. The lowest BCUT2D eigenvalue weighted by Gasteiger charge is -2.05. The molecule has 1 heterocycles. The minimum Gasteiger partial charge on any atom is -0.507 e. The number of aromatic hydroxyl groups is 1. The molecular formula is C10H9ClN4O2. The van der Waals surface area contributed by atoms with Gasteiger partial charge in [0, 0.05) is 12.1 Å².